The van der Waals surface area contributed by atoms with Crippen molar-refractivity contribution in [3.05, 3.63) is 47.6 Å². The van der Waals surface area contributed by atoms with Crippen molar-refractivity contribution in [1.29, 1.82) is 0 Å². The van der Waals surface area contributed by atoms with Gasteiger partial charge in [0.05, 0.1) is 18.3 Å². The summed E-state index contributed by atoms with van der Waals surface area (Å²) in [6.45, 7) is 5.68. The molecule has 0 saturated heterocycles. The zero-order chi connectivity index (χ0) is 39.6. The monoisotopic (exact) mass is 754 g/mol. The molecule has 0 aromatic heterocycles. The maximum absolute atomic E-state index is 16.8. The van der Waals surface area contributed by atoms with E-state index in [4.69, 9.17) is 0 Å². The summed E-state index contributed by atoms with van der Waals surface area (Å²) >= 11 is 0. The topological polar surface area (TPSA) is 210 Å². The number of carbonyl (C=O) groups excluding carboxylic acids is 4. The number of Topliss-reactive ketones (excluding diaryl/α,β-unsaturated/α-hetero) is 2. The Hall–Kier alpha value is -2.71. The lowest BCUT2D eigenvalue weighted by Crippen LogP contribution is -2.69. The van der Waals surface area contributed by atoms with Gasteiger partial charge in [-0.15, -0.1) is 0 Å². The van der Waals surface area contributed by atoms with Crippen molar-refractivity contribution < 1.29 is 59.3 Å². The third-order valence-electron chi connectivity index (χ3n) is 16.7. The lowest BCUT2D eigenvalue weighted by molar-refractivity contribution is -0.222. The Morgan fingerprint density at radius 2 is 1.37 bits per heavy atom. The van der Waals surface area contributed by atoms with Crippen molar-refractivity contribution in [2.45, 2.75) is 121 Å². The Kier molecular flexibility index (Phi) is 9.26. The third-order valence-corrected chi connectivity index (χ3v) is 16.7. The summed E-state index contributed by atoms with van der Waals surface area (Å²) in [5.41, 5.74) is -7.66. The van der Waals surface area contributed by atoms with E-state index < -0.39 is 88.0 Å². The molecule has 0 aromatic carbocycles. The lowest BCUT2D eigenvalue weighted by atomic mass is 9.44. The van der Waals surface area contributed by atoms with E-state index >= 15 is 4.39 Å². The zero-order valence-corrected chi connectivity index (χ0v) is 31.5. The van der Waals surface area contributed by atoms with Crippen molar-refractivity contribution in [2.24, 2.45) is 51.2 Å². The van der Waals surface area contributed by atoms with Gasteiger partial charge >= 0.3 is 0 Å². The second-order valence-corrected chi connectivity index (χ2v) is 18.6. The van der Waals surface area contributed by atoms with E-state index in [1.165, 1.54) is 18.2 Å². The molecule has 0 unspecified atom stereocenters. The number of halogens is 1. The molecule has 54 heavy (non-hydrogen) atoms. The molecule has 0 spiro atoms. The average Bonchev–Trinajstić information content (AvgIpc) is 3.51. The first-order valence-electron chi connectivity index (χ1n) is 19.5. The summed E-state index contributed by atoms with van der Waals surface area (Å²) in [7, 11) is 0. The largest absolute Gasteiger partial charge is 0.393 e. The van der Waals surface area contributed by atoms with Gasteiger partial charge in [0.25, 0.3) is 0 Å². The van der Waals surface area contributed by atoms with E-state index in [2.05, 4.69) is 6.92 Å². The van der Waals surface area contributed by atoms with Gasteiger partial charge in [0.1, 0.15) is 18.8 Å². The number of ketones is 4. The number of hydrogen-bond acceptors (Lipinski definition) is 11. The minimum absolute atomic E-state index is 0.00912. The van der Waals surface area contributed by atoms with Crippen molar-refractivity contribution in [1.82, 2.24) is 0 Å². The van der Waals surface area contributed by atoms with Crippen LogP contribution < -0.4 is 0 Å². The molecule has 7 N–H and O–H groups in total. The quantitative estimate of drug-likeness (QED) is 0.221. The predicted octanol–water partition coefficient (Wildman–Crippen LogP) is 2.18. The fourth-order valence-corrected chi connectivity index (χ4v) is 13.8. The van der Waals surface area contributed by atoms with Gasteiger partial charge in [-0.2, -0.15) is 0 Å². The molecule has 8 rings (SSSR count). The standard InChI is InChI=1S/C21H27FO6.C21H28O5/c1-18-6-5-12(24)7-11(18)3-4-13-14-8-15(25)21(28,17(27)10-23)19(14,2)9-16(26)20(13,18)22;1-19-7-5-13(23)9-12(19)3-4-14-15-6-8-21(26,17(25)11-22)20(15,2)10-16(24)18(14)19/h5-7,13-16,23,25-26,28H,3-4,8-10H2,1-2H3;5,7,9,14-16,18,22,24,26H,3-4,6,8,10-11H2,1-2H3/t13-,14-,15+,16-,18-,19-,20-,21-;14-,15-,16-,18+,19-,20-,21-/m00/s1. The van der Waals surface area contributed by atoms with Gasteiger partial charge in [0, 0.05) is 33.5 Å². The van der Waals surface area contributed by atoms with Crippen molar-refractivity contribution >= 4 is 23.1 Å². The SMILES string of the molecule is C[C@]12C=CC(=O)C=C1CC[C@@H]1[C@@H]2[C@@H](O)C[C@@]2(C)[C@H]1CC[C@]2(O)C(=O)CO.C[C@]12C=CC(=O)C=C1CC[C@H]1[C@@H]3C[C@@H](O)[C@](O)(C(=O)CO)[C@@]3(C)C[C@H](O)[C@@]12F. The van der Waals surface area contributed by atoms with Crippen LogP contribution in [-0.4, -0.2) is 107 Å². The number of aliphatic hydroxyl groups is 7. The van der Waals surface area contributed by atoms with Crippen LogP contribution in [0.4, 0.5) is 4.39 Å². The van der Waals surface area contributed by atoms with Crippen LogP contribution in [0.3, 0.4) is 0 Å². The Bertz CT molecular complexity index is 1790. The molecule has 0 radical (unpaired) electrons. The van der Waals surface area contributed by atoms with Crippen LogP contribution in [0.15, 0.2) is 47.6 Å². The molecular formula is C42H55FO11. The summed E-state index contributed by atoms with van der Waals surface area (Å²) in [6, 6.07) is 0. The molecule has 0 amide bonds. The van der Waals surface area contributed by atoms with E-state index in [0.29, 0.717) is 31.3 Å². The van der Waals surface area contributed by atoms with E-state index in [0.717, 1.165) is 24.8 Å². The van der Waals surface area contributed by atoms with E-state index in [1.807, 2.05) is 13.0 Å². The first-order chi connectivity index (χ1) is 25.1. The normalized spacial score (nSPS) is 51.3. The maximum Gasteiger partial charge on any atom is 0.192 e. The Balaban J connectivity index is 0.000000167. The first kappa shape index (κ1) is 39.5. The molecular weight excluding hydrogens is 699 g/mol. The van der Waals surface area contributed by atoms with Crippen molar-refractivity contribution in [3.8, 4) is 0 Å². The number of allylic oxidation sites excluding steroid dienone is 8. The minimum Gasteiger partial charge on any atom is -0.393 e. The molecule has 12 heteroatoms. The molecule has 8 aliphatic rings. The average molecular weight is 755 g/mol. The molecule has 296 valence electrons. The van der Waals surface area contributed by atoms with Crippen LogP contribution in [0.5, 0.6) is 0 Å². The highest BCUT2D eigenvalue weighted by molar-refractivity contribution is 6.02. The smallest absolute Gasteiger partial charge is 0.192 e. The van der Waals surface area contributed by atoms with Crippen LogP contribution >= 0.6 is 0 Å². The lowest BCUT2D eigenvalue weighted by Gasteiger charge is -2.62. The van der Waals surface area contributed by atoms with E-state index in [9.17, 15) is 54.9 Å². The number of rotatable bonds is 4. The van der Waals surface area contributed by atoms with Crippen LogP contribution in [-0.2, 0) is 19.2 Å². The molecule has 0 heterocycles. The maximum atomic E-state index is 16.8. The Morgan fingerprint density at radius 3 is 2.02 bits per heavy atom. The van der Waals surface area contributed by atoms with Gasteiger partial charge < -0.3 is 35.7 Å². The molecule has 11 nitrogen and oxygen atoms in total. The number of carbonyl (C=O) groups is 4. The zero-order valence-electron chi connectivity index (χ0n) is 31.5. The fourth-order valence-electron chi connectivity index (χ4n) is 13.8. The summed E-state index contributed by atoms with van der Waals surface area (Å²) < 4.78 is 16.8. The van der Waals surface area contributed by atoms with Crippen LogP contribution in [0.1, 0.15) is 85.5 Å². The summed E-state index contributed by atoms with van der Waals surface area (Å²) in [4.78, 5) is 48.3. The summed E-state index contributed by atoms with van der Waals surface area (Å²) in [5.74, 6) is -2.61. The highest BCUT2D eigenvalue weighted by atomic mass is 19.1. The van der Waals surface area contributed by atoms with E-state index in [1.54, 1.807) is 26.0 Å². The number of aliphatic hydroxyl groups excluding tert-OH is 5. The third kappa shape index (κ3) is 4.83. The van der Waals surface area contributed by atoms with Gasteiger partial charge in [-0.3, -0.25) is 19.2 Å². The van der Waals surface area contributed by atoms with Gasteiger partial charge in [-0.1, -0.05) is 44.1 Å². The highest BCUT2D eigenvalue weighted by Gasteiger charge is 2.76. The molecule has 0 bridgehead atoms. The van der Waals surface area contributed by atoms with Crippen LogP contribution in [0.25, 0.3) is 0 Å². The van der Waals surface area contributed by atoms with Gasteiger partial charge in [0.15, 0.2) is 34.4 Å². The fraction of sp³-hybridized carbons (Fsp3) is 0.714. The van der Waals surface area contributed by atoms with E-state index in [-0.39, 0.29) is 47.6 Å². The van der Waals surface area contributed by atoms with Crippen LogP contribution in [0, 0.1) is 51.2 Å². The molecule has 6 saturated carbocycles. The Morgan fingerprint density at radius 1 is 0.759 bits per heavy atom. The van der Waals surface area contributed by atoms with Crippen LogP contribution in [0.2, 0.25) is 0 Å². The molecule has 0 aliphatic heterocycles. The van der Waals surface area contributed by atoms with Crippen molar-refractivity contribution in [3.63, 3.8) is 0 Å². The van der Waals surface area contributed by atoms with Crippen molar-refractivity contribution in [2.75, 3.05) is 13.2 Å². The highest BCUT2D eigenvalue weighted by Crippen LogP contribution is 2.70. The number of alkyl halides is 1. The Labute approximate surface area is 314 Å². The molecule has 6 fully saturated rings. The molecule has 0 aromatic rings. The van der Waals surface area contributed by atoms with Gasteiger partial charge in [0.2, 0.25) is 0 Å². The second-order valence-electron chi connectivity index (χ2n) is 18.6. The molecule has 15 atom stereocenters. The first-order valence-corrected chi connectivity index (χ1v) is 19.5. The van der Waals surface area contributed by atoms with Gasteiger partial charge in [-0.05, 0) is 107 Å². The number of hydrogen-bond donors (Lipinski definition) is 7. The summed E-state index contributed by atoms with van der Waals surface area (Å²) in [6.07, 6.45) is 9.61. The predicted molar refractivity (Wildman–Crippen MR) is 192 cm³/mol. The minimum atomic E-state index is -2.23. The molecule has 8 aliphatic carbocycles. The summed E-state index contributed by atoms with van der Waals surface area (Å²) in [5, 5.41) is 73.8. The van der Waals surface area contributed by atoms with Gasteiger partial charge in [-0.25, -0.2) is 4.39 Å². The number of fused-ring (bicyclic) bond motifs is 10. The second kappa shape index (κ2) is 12.6.